The summed E-state index contributed by atoms with van der Waals surface area (Å²) in [6.45, 7) is 2.58. The lowest BCUT2D eigenvalue weighted by atomic mass is 10.1. The quantitative estimate of drug-likeness (QED) is 0.675. The molecule has 1 N–H and O–H groups in total. The highest BCUT2D eigenvalue weighted by atomic mass is 32.1. The van der Waals surface area contributed by atoms with Gasteiger partial charge in [0.2, 0.25) is 0 Å². The third-order valence-electron chi connectivity index (χ3n) is 3.82. The predicted molar refractivity (Wildman–Crippen MR) is 99.0 cm³/mol. The number of carboxylic acids is 1. The summed E-state index contributed by atoms with van der Waals surface area (Å²) in [6, 6.07) is 16.1. The molecule has 0 saturated carbocycles. The van der Waals surface area contributed by atoms with Gasteiger partial charge < -0.3 is 9.84 Å². The molecule has 0 aliphatic rings. The van der Waals surface area contributed by atoms with Gasteiger partial charge in [-0.25, -0.2) is 4.98 Å². The fourth-order valence-electron chi connectivity index (χ4n) is 2.50. The Kier molecular flexibility index (Phi) is 5.46. The van der Waals surface area contributed by atoms with Gasteiger partial charge in [-0.05, 0) is 29.7 Å². The first-order valence-corrected chi connectivity index (χ1v) is 9.00. The molecule has 0 atom stereocenters. The molecule has 128 valence electrons. The molecule has 0 spiro atoms. The average Bonchev–Trinajstić information content (AvgIpc) is 3.08. The number of aromatic nitrogens is 1. The highest BCUT2D eigenvalue weighted by molar-refractivity contribution is 7.10. The van der Waals surface area contributed by atoms with Crippen LogP contribution in [0.5, 0.6) is 5.75 Å². The first-order valence-electron chi connectivity index (χ1n) is 8.12. The molecule has 25 heavy (non-hydrogen) atoms. The van der Waals surface area contributed by atoms with Crippen LogP contribution >= 0.6 is 11.3 Å². The van der Waals surface area contributed by atoms with E-state index in [0.29, 0.717) is 11.6 Å². The van der Waals surface area contributed by atoms with Crippen molar-refractivity contribution in [2.24, 2.45) is 0 Å². The summed E-state index contributed by atoms with van der Waals surface area (Å²) in [5.41, 5.74) is 3.95. The van der Waals surface area contributed by atoms with Crippen molar-refractivity contribution in [3.63, 3.8) is 0 Å². The number of benzene rings is 2. The zero-order valence-corrected chi connectivity index (χ0v) is 14.8. The standard InChI is InChI=1S/C20H19NO3S/c1-2-14-8-9-18(24-12-15-6-4-3-5-7-15)16(10-14)17-13-25-19(21-17)11-20(22)23/h3-10,13H,2,11-12H2,1H3,(H,22,23). The number of hydrogen-bond donors (Lipinski definition) is 1. The van der Waals surface area contributed by atoms with Crippen molar-refractivity contribution in [3.05, 3.63) is 70.0 Å². The average molecular weight is 353 g/mol. The van der Waals surface area contributed by atoms with E-state index in [0.717, 1.165) is 29.0 Å². The maximum absolute atomic E-state index is 10.9. The number of ether oxygens (including phenoxy) is 1. The van der Waals surface area contributed by atoms with Gasteiger partial charge in [-0.15, -0.1) is 11.3 Å². The van der Waals surface area contributed by atoms with E-state index in [4.69, 9.17) is 9.84 Å². The number of thiazole rings is 1. The molecule has 3 aromatic rings. The van der Waals surface area contributed by atoms with E-state index in [2.05, 4.69) is 18.0 Å². The Morgan fingerprint density at radius 1 is 1.16 bits per heavy atom. The van der Waals surface area contributed by atoms with E-state index in [1.54, 1.807) is 0 Å². The molecule has 0 fully saturated rings. The van der Waals surface area contributed by atoms with Crippen LogP contribution in [-0.4, -0.2) is 16.1 Å². The second-order valence-electron chi connectivity index (χ2n) is 5.66. The fraction of sp³-hybridized carbons (Fsp3) is 0.200. The predicted octanol–water partition coefficient (Wildman–Crippen LogP) is 4.58. The van der Waals surface area contributed by atoms with E-state index < -0.39 is 5.97 Å². The van der Waals surface area contributed by atoms with Crippen molar-refractivity contribution in [2.75, 3.05) is 0 Å². The Bertz CT molecular complexity index is 858. The largest absolute Gasteiger partial charge is 0.488 e. The smallest absolute Gasteiger partial charge is 0.310 e. The number of carboxylic acid groups (broad SMARTS) is 1. The molecule has 3 rings (SSSR count). The Hall–Kier alpha value is -2.66. The molecule has 1 heterocycles. The van der Waals surface area contributed by atoms with Crippen LogP contribution in [0.3, 0.4) is 0 Å². The lowest BCUT2D eigenvalue weighted by molar-refractivity contribution is -0.136. The van der Waals surface area contributed by atoms with Gasteiger partial charge in [-0.3, -0.25) is 4.79 Å². The number of nitrogens with zero attached hydrogens (tertiary/aromatic N) is 1. The van der Waals surface area contributed by atoms with Crippen LogP contribution in [0.2, 0.25) is 0 Å². The van der Waals surface area contributed by atoms with Crippen molar-refractivity contribution >= 4 is 17.3 Å². The Morgan fingerprint density at radius 3 is 2.68 bits per heavy atom. The number of aryl methyl sites for hydroxylation is 1. The van der Waals surface area contributed by atoms with Crippen LogP contribution in [0, 0.1) is 0 Å². The summed E-state index contributed by atoms with van der Waals surface area (Å²) in [5.74, 6) is -0.114. The van der Waals surface area contributed by atoms with E-state index in [1.165, 1.54) is 16.9 Å². The summed E-state index contributed by atoms with van der Waals surface area (Å²) in [4.78, 5) is 15.4. The monoisotopic (exact) mass is 353 g/mol. The van der Waals surface area contributed by atoms with E-state index in [-0.39, 0.29) is 6.42 Å². The van der Waals surface area contributed by atoms with Crippen molar-refractivity contribution in [2.45, 2.75) is 26.4 Å². The number of hydrogen-bond acceptors (Lipinski definition) is 4. The first kappa shape index (κ1) is 17.2. The minimum absolute atomic E-state index is 0.0572. The molecule has 2 aromatic carbocycles. The summed E-state index contributed by atoms with van der Waals surface area (Å²) in [7, 11) is 0. The van der Waals surface area contributed by atoms with Crippen LogP contribution in [-0.2, 0) is 24.2 Å². The normalized spacial score (nSPS) is 10.6. The van der Waals surface area contributed by atoms with Crippen molar-refractivity contribution < 1.29 is 14.6 Å². The first-order chi connectivity index (χ1) is 12.2. The summed E-state index contributed by atoms with van der Waals surface area (Å²) in [6.07, 6.45) is 0.858. The Morgan fingerprint density at radius 2 is 1.96 bits per heavy atom. The molecule has 0 unspecified atom stereocenters. The fourth-order valence-corrected chi connectivity index (χ4v) is 3.29. The molecule has 0 aliphatic heterocycles. The third kappa shape index (κ3) is 4.45. The van der Waals surface area contributed by atoms with Gasteiger partial charge in [0.1, 0.15) is 17.4 Å². The second-order valence-corrected chi connectivity index (χ2v) is 6.60. The van der Waals surface area contributed by atoms with Crippen molar-refractivity contribution in [3.8, 4) is 17.0 Å². The summed E-state index contributed by atoms with van der Waals surface area (Å²) >= 11 is 1.36. The van der Waals surface area contributed by atoms with Gasteiger partial charge >= 0.3 is 5.97 Å². The molecule has 1 aromatic heterocycles. The summed E-state index contributed by atoms with van der Waals surface area (Å²) < 4.78 is 6.02. The Balaban J connectivity index is 1.88. The molecule has 0 amide bonds. The molecule has 4 nitrogen and oxygen atoms in total. The van der Waals surface area contributed by atoms with Gasteiger partial charge in [-0.2, -0.15) is 0 Å². The van der Waals surface area contributed by atoms with Gasteiger partial charge in [0.05, 0.1) is 12.1 Å². The molecule has 5 heteroatoms. The van der Waals surface area contributed by atoms with Gasteiger partial charge in [-0.1, -0.05) is 43.3 Å². The lowest BCUT2D eigenvalue weighted by Crippen LogP contribution is -2.00. The van der Waals surface area contributed by atoms with Gasteiger partial charge in [0.25, 0.3) is 0 Å². The van der Waals surface area contributed by atoms with Crippen molar-refractivity contribution in [1.82, 2.24) is 4.98 Å². The van der Waals surface area contributed by atoms with Crippen LogP contribution in [0.25, 0.3) is 11.3 Å². The van der Waals surface area contributed by atoms with Crippen LogP contribution in [0.15, 0.2) is 53.9 Å². The zero-order chi connectivity index (χ0) is 17.6. The highest BCUT2D eigenvalue weighted by Gasteiger charge is 2.13. The zero-order valence-electron chi connectivity index (χ0n) is 13.9. The third-order valence-corrected chi connectivity index (χ3v) is 4.67. The van der Waals surface area contributed by atoms with Gasteiger partial charge in [0.15, 0.2) is 0 Å². The van der Waals surface area contributed by atoms with E-state index in [9.17, 15) is 4.79 Å². The second kappa shape index (κ2) is 7.94. The number of carbonyl (C=O) groups is 1. The van der Waals surface area contributed by atoms with Crippen LogP contribution in [0.4, 0.5) is 0 Å². The molecule has 0 saturated heterocycles. The van der Waals surface area contributed by atoms with E-state index >= 15 is 0 Å². The number of aliphatic carboxylic acids is 1. The minimum Gasteiger partial charge on any atom is -0.488 e. The van der Waals surface area contributed by atoms with Crippen molar-refractivity contribution in [1.29, 1.82) is 0 Å². The van der Waals surface area contributed by atoms with E-state index in [1.807, 2.05) is 47.8 Å². The molecule has 0 radical (unpaired) electrons. The molecule has 0 bridgehead atoms. The number of rotatable bonds is 7. The lowest BCUT2D eigenvalue weighted by Gasteiger charge is -2.12. The minimum atomic E-state index is -0.872. The molecular weight excluding hydrogens is 334 g/mol. The van der Waals surface area contributed by atoms with Crippen LogP contribution < -0.4 is 4.74 Å². The topological polar surface area (TPSA) is 59.4 Å². The SMILES string of the molecule is CCc1ccc(OCc2ccccc2)c(-c2csc(CC(=O)O)n2)c1. The maximum Gasteiger partial charge on any atom is 0.310 e. The highest BCUT2D eigenvalue weighted by Crippen LogP contribution is 2.33. The van der Waals surface area contributed by atoms with Gasteiger partial charge in [0, 0.05) is 10.9 Å². The molecular formula is C20H19NO3S. The maximum atomic E-state index is 10.9. The summed E-state index contributed by atoms with van der Waals surface area (Å²) in [5, 5.41) is 11.4. The van der Waals surface area contributed by atoms with Crippen LogP contribution in [0.1, 0.15) is 23.1 Å². The molecule has 0 aliphatic carbocycles. The Labute approximate surface area is 150 Å².